The van der Waals surface area contributed by atoms with E-state index in [1.54, 1.807) is 22.9 Å². The Balaban J connectivity index is 1.80. The van der Waals surface area contributed by atoms with Gasteiger partial charge in [0.05, 0.1) is 22.4 Å². The number of nitrogens with one attached hydrogen (secondary N) is 1. The number of amides is 1. The molecule has 3 aromatic carbocycles. The van der Waals surface area contributed by atoms with Crippen molar-refractivity contribution in [1.29, 1.82) is 0 Å². The fraction of sp³-hybridized carbons (Fsp3) is 0.143. The van der Waals surface area contributed by atoms with Gasteiger partial charge in [-0.1, -0.05) is 77.3 Å². The molecule has 35 heavy (non-hydrogen) atoms. The second-order valence-electron chi connectivity index (χ2n) is 8.32. The Bertz CT molecular complexity index is 1410. The third-order valence-electron chi connectivity index (χ3n) is 5.73. The highest BCUT2D eigenvalue weighted by molar-refractivity contribution is 6.35. The third-order valence-corrected chi connectivity index (χ3v) is 6.50. The predicted molar refractivity (Wildman–Crippen MR) is 146 cm³/mol. The second-order valence-corrected chi connectivity index (χ2v) is 9.60. The fourth-order valence-corrected chi connectivity index (χ4v) is 4.69. The molecule has 0 fully saturated rings. The number of rotatable bonds is 6. The number of benzene rings is 3. The van der Waals surface area contributed by atoms with E-state index < -0.39 is 0 Å². The molecule has 0 spiro atoms. The van der Waals surface area contributed by atoms with Crippen LogP contribution in [-0.2, 0) is 0 Å². The normalized spacial score (nSPS) is 12.5. The summed E-state index contributed by atoms with van der Waals surface area (Å²) in [7, 11) is 0. The minimum Gasteiger partial charge on any atom is -0.344 e. The molecule has 0 aliphatic carbocycles. The Morgan fingerprint density at radius 2 is 1.69 bits per heavy atom. The quantitative estimate of drug-likeness (QED) is 0.276. The Morgan fingerprint density at radius 1 is 0.971 bits per heavy atom. The zero-order valence-electron chi connectivity index (χ0n) is 19.5. The van der Waals surface area contributed by atoms with E-state index in [0.29, 0.717) is 26.4 Å². The highest BCUT2D eigenvalue weighted by Crippen LogP contribution is 2.31. The topological polar surface area (TPSA) is 46.9 Å². The maximum atomic E-state index is 13.3. The van der Waals surface area contributed by atoms with Gasteiger partial charge < -0.3 is 5.32 Å². The van der Waals surface area contributed by atoms with Gasteiger partial charge >= 0.3 is 0 Å². The summed E-state index contributed by atoms with van der Waals surface area (Å²) in [6.45, 7) is 5.81. The van der Waals surface area contributed by atoms with Gasteiger partial charge in [0.25, 0.3) is 5.91 Å². The number of hydrogen-bond donors (Lipinski definition) is 1. The summed E-state index contributed by atoms with van der Waals surface area (Å²) < 4.78 is 1.70. The zero-order valence-corrected chi connectivity index (χ0v) is 21.8. The lowest BCUT2D eigenvalue weighted by Crippen LogP contribution is -2.27. The van der Waals surface area contributed by atoms with Crippen LogP contribution in [0.5, 0.6) is 0 Å². The first-order chi connectivity index (χ1) is 16.7. The minimum absolute atomic E-state index is 0.182. The molecule has 4 nitrogen and oxygen atoms in total. The van der Waals surface area contributed by atoms with Crippen molar-refractivity contribution in [1.82, 2.24) is 15.1 Å². The largest absolute Gasteiger partial charge is 0.344 e. The zero-order chi connectivity index (χ0) is 25.1. The van der Waals surface area contributed by atoms with Crippen LogP contribution in [0.25, 0.3) is 17.3 Å². The van der Waals surface area contributed by atoms with Crippen molar-refractivity contribution in [2.45, 2.75) is 26.8 Å². The maximum absolute atomic E-state index is 13.3. The number of nitrogens with zero attached hydrogens (tertiary/aromatic N) is 2. The molecule has 0 bridgehead atoms. The van der Waals surface area contributed by atoms with E-state index in [1.165, 1.54) is 0 Å². The molecule has 1 heterocycles. The summed E-state index contributed by atoms with van der Waals surface area (Å²) >= 11 is 18.9. The van der Waals surface area contributed by atoms with Crippen LogP contribution >= 0.6 is 34.8 Å². The SMILES string of the molecule is CC(=Cc1cccc(Cl)c1)c1c(C)c(C(=O)N[C@H](C)c2ccccc2)nn1-c1ccc(Cl)cc1Cl. The molecule has 1 atom stereocenters. The molecule has 4 rings (SSSR count). The summed E-state index contributed by atoms with van der Waals surface area (Å²) in [5, 5.41) is 9.36. The van der Waals surface area contributed by atoms with Crippen molar-refractivity contribution in [2.75, 3.05) is 0 Å². The highest BCUT2D eigenvalue weighted by atomic mass is 35.5. The standard InChI is InChI=1S/C28H24Cl3N3O/c1-17(14-20-8-7-11-22(29)15-20)27-18(2)26(28(35)32-19(3)21-9-5-4-6-10-21)33-34(27)25-13-12-23(30)16-24(25)31/h4-16,19H,1-3H3,(H,32,35)/t19-/m1/s1. The molecule has 0 aliphatic rings. The van der Waals surface area contributed by atoms with Crippen molar-refractivity contribution >= 4 is 52.4 Å². The lowest BCUT2D eigenvalue weighted by Gasteiger charge is -2.13. The van der Waals surface area contributed by atoms with E-state index >= 15 is 0 Å². The lowest BCUT2D eigenvalue weighted by molar-refractivity contribution is 0.0934. The van der Waals surface area contributed by atoms with Gasteiger partial charge in [-0.3, -0.25) is 4.79 Å². The fourth-order valence-electron chi connectivity index (χ4n) is 4.01. The van der Waals surface area contributed by atoms with E-state index in [9.17, 15) is 4.79 Å². The summed E-state index contributed by atoms with van der Waals surface area (Å²) in [5.41, 5.74) is 5.31. The van der Waals surface area contributed by atoms with Crippen molar-refractivity contribution in [2.24, 2.45) is 0 Å². The molecule has 0 unspecified atom stereocenters. The van der Waals surface area contributed by atoms with Crippen molar-refractivity contribution in [3.63, 3.8) is 0 Å². The number of carbonyl (C=O) groups excluding carboxylic acids is 1. The van der Waals surface area contributed by atoms with Gasteiger partial charge in [0.2, 0.25) is 0 Å². The molecule has 4 aromatic rings. The van der Waals surface area contributed by atoms with Crippen LogP contribution < -0.4 is 5.32 Å². The van der Waals surface area contributed by atoms with Gasteiger partial charge in [0.15, 0.2) is 5.69 Å². The Labute approximate surface area is 220 Å². The van der Waals surface area contributed by atoms with Crippen LogP contribution in [0, 0.1) is 6.92 Å². The summed E-state index contributed by atoms with van der Waals surface area (Å²) in [4.78, 5) is 13.3. The second kappa shape index (κ2) is 10.7. The smallest absolute Gasteiger partial charge is 0.272 e. The van der Waals surface area contributed by atoms with Gasteiger partial charge in [-0.05, 0) is 73.9 Å². The molecular weight excluding hydrogens is 501 g/mol. The van der Waals surface area contributed by atoms with Crippen LogP contribution in [0.15, 0.2) is 72.8 Å². The van der Waals surface area contributed by atoms with Crippen LogP contribution in [0.3, 0.4) is 0 Å². The van der Waals surface area contributed by atoms with Crippen LogP contribution in [0.4, 0.5) is 0 Å². The van der Waals surface area contributed by atoms with Gasteiger partial charge in [-0.2, -0.15) is 5.10 Å². The Morgan fingerprint density at radius 3 is 2.37 bits per heavy atom. The molecule has 0 aliphatic heterocycles. The average molecular weight is 525 g/mol. The first-order valence-electron chi connectivity index (χ1n) is 11.1. The minimum atomic E-state index is -0.264. The number of allylic oxidation sites excluding steroid dienone is 1. The molecule has 1 N–H and O–H groups in total. The summed E-state index contributed by atoms with van der Waals surface area (Å²) in [5.74, 6) is -0.264. The highest BCUT2D eigenvalue weighted by Gasteiger charge is 2.24. The number of hydrogen-bond acceptors (Lipinski definition) is 2. The molecule has 7 heteroatoms. The molecule has 0 radical (unpaired) electrons. The van der Waals surface area contributed by atoms with E-state index in [0.717, 1.165) is 28.0 Å². The van der Waals surface area contributed by atoms with E-state index in [-0.39, 0.29) is 11.9 Å². The molecule has 0 saturated carbocycles. The maximum Gasteiger partial charge on any atom is 0.272 e. The van der Waals surface area contributed by atoms with Gasteiger partial charge in [0.1, 0.15) is 0 Å². The monoisotopic (exact) mass is 523 g/mol. The van der Waals surface area contributed by atoms with Crippen LogP contribution in [0.1, 0.15) is 52.8 Å². The van der Waals surface area contributed by atoms with Gasteiger partial charge in [-0.15, -0.1) is 0 Å². The van der Waals surface area contributed by atoms with Crippen molar-refractivity contribution in [3.05, 3.63) is 116 Å². The molecular formula is C28H24Cl3N3O. The summed E-state index contributed by atoms with van der Waals surface area (Å²) in [6, 6.07) is 22.4. The Hall–Kier alpha value is -3.05. The Kier molecular flexibility index (Phi) is 7.66. The first-order valence-corrected chi connectivity index (χ1v) is 12.2. The van der Waals surface area contributed by atoms with E-state index in [2.05, 4.69) is 5.32 Å². The average Bonchev–Trinajstić information content (AvgIpc) is 3.16. The van der Waals surface area contributed by atoms with Crippen LogP contribution in [0.2, 0.25) is 15.1 Å². The number of carbonyl (C=O) groups is 1. The number of halogens is 3. The molecule has 1 amide bonds. The van der Waals surface area contributed by atoms with Crippen molar-refractivity contribution in [3.8, 4) is 5.69 Å². The number of aromatic nitrogens is 2. The van der Waals surface area contributed by atoms with Crippen molar-refractivity contribution < 1.29 is 4.79 Å². The lowest BCUT2D eigenvalue weighted by atomic mass is 10.0. The molecule has 178 valence electrons. The van der Waals surface area contributed by atoms with E-state index in [1.807, 2.05) is 81.4 Å². The third kappa shape index (κ3) is 5.62. The van der Waals surface area contributed by atoms with Gasteiger partial charge in [0, 0.05) is 15.6 Å². The molecule has 1 aromatic heterocycles. The molecule has 0 saturated heterocycles. The van der Waals surface area contributed by atoms with Crippen LogP contribution in [-0.4, -0.2) is 15.7 Å². The van der Waals surface area contributed by atoms with E-state index in [4.69, 9.17) is 39.9 Å². The predicted octanol–water partition coefficient (Wildman–Crippen LogP) is 8.19. The summed E-state index contributed by atoms with van der Waals surface area (Å²) in [6.07, 6.45) is 2.00. The first kappa shape index (κ1) is 25.1. The van der Waals surface area contributed by atoms with Gasteiger partial charge in [-0.25, -0.2) is 4.68 Å².